The zero-order chi connectivity index (χ0) is 21.4. The molecule has 0 radical (unpaired) electrons. The van der Waals surface area contributed by atoms with Crippen LogP contribution in [0.15, 0.2) is 41.2 Å². The van der Waals surface area contributed by atoms with Crippen LogP contribution in [-0.2, 0) is 16.6 Å². The lowest BCUT2D eigenvalue weighted by Gasteiger charge is -2.28. The van der Waals surface area contributed by atoms with Gasteiger partial charge in [0.15, 0.2) is 5.41 Å². The summed E-state index contributed by atoms with van der Waals surface area (Å²) in [5.74, 6) is -0.984. The van der Waals surface area contributed by atoms with Gasteiger partial charge in [-0.3, -0.25) is 4.79 Å². The predicted octanol–water partition coefficient (Wildman–Crippen LogP) is 3.26. The Hall–Kier alpha value is -3.24. The average molecular weight is 423 g/mol. The first-order chi connectivity index (χ1) is 14.3. The Balaban J connectivity index is 1.54. The number of carbonyl (C=O) groups excluding carboxylic acids is 1. The maximum absolute atomic E-state index is 14.1. The quantitative estimate of drug-likeness (QED) is 0.637. The van der Waals surface area contributed by atoms with Crippen LogP contribution in [0.1, 0.15) is 24.6 Å². The van der Waals surface area contributed by atoms with Gasteiger partial charge in [0, 0.05) is 43.9 Å². The summed E-state index contributed by atoms with van der Waals surface area (Å²) in [7, 11) is 0. The van der Waals surface area contributed by atoms with E-state index in [9.17, 15) is 22.4 Å². The second-order valence-corrected chi connectivity index (χ2v) is 7.11. The molecule has 1 unspecified atom stereocenters. The fourth-order valence-corrected chi connectivity index (χ4v) is 3.50. The van der Waals surface area contributed by atoms with Gasteiger partial charge in [-0.25, -0.2) is 9.37 Å². The molecule has 1 atom stereocenters. The molecule has 0 bridgehead atoms. The number of carbonyl (C=O) groups is 1. The molecule has 1 amide bonds. The summed E-state index contributed by atoms with van der Waals surface area (Å²) in [5, 5.41) is 3.63. The van der Waals surface area contributed by atoms with Gasteiger partial charge in [-0.2, -0.15) is 18.2 Å². The third-order valence-electron chi connectivity index (χ3n) is 5.23. The minimum atomic E-state index is -4.70. The van der Waals surface area contributed by atoms with Crippen LogP contribution >= 0.6 is 0 Å². The minimum absolute atomic E-state index is 0.0338. The van der Waals surface area contributed by atoms with E-state index >= 15 is 0 Å². The Labute approximate surface area is 168 Å². The molecule has 2 aromatic heterocycles. The zero-order valence-corrected chi connectivity index (χ0v) is 15.6. The topological polar surface area (TPSA) is 87.9 Å². The van der Waals surface area contributed by atoms with Crippen molar-refractivity contribution < 1.29 is 26.9 Å². The van der Waals surface area contributed by atoms with Gasteiger partial charge >= 0.3 is 6.18 Å². The number of aromatic amines is 1. The lowest BCUT2D eigenvalue weighted by molar-refractivity contribution is -0.193. The highest BCUT2D eigenvalue weighted by atomic mass is 19.4. The number of alkyl halides is 3. The highest BCUT2D eigenvalue weighted by Crippen LogP contribution is 2.47. The van der Waals surface area contributed by atoms with E-state index < -0.39 is 35.8 Å². The maximum atomic E-state index is 14.1. The number of halogens is 4. The lowest BCUT2D eigenvalue weighted by Crippen LogP contribution is -2.46. The first kappa shape index (κ1) is 20.0. The number of likely N-dealkylation sites (tertiary alicyclic amines) is 1. The van der Waals surface area contributed by atoms with Crippen molar-refractivity contribution in [3.63, 3.8) is 0 Å². The van der Waals surface area contributed by atoms with Crippen LogP contribution in [0.3, 0.4) is 0 Å². The number of rotatable bonds is 5. The SMILES string of the molecule is O=C(CCc1ncc[nH]1)N1CCC(c2nc(-c3ccc(F)cc3)no2)(C(F)(F)F)C1. The van der Waals surface area contributed by atoms with E-state index in [2.05, 4.69) is 20.1 Å². The first-order valence-corrected chi connectivity index (χ1v) is 9.21. The van der Waals surface area contributed by atoms with Crippen LogP contribution in [0.5, 0.6) is 0 Å². The zero-order valence-electron chi connectivity index (χ0n) is 15.6. The van der Waals surface area contributed by atoms with Crippen LogP contribution in [0.25, 0.3) is 11.4 Å². The van der Waals surface area contributed by atoms with E-state index in [1.54, 1.807) is 12.4 Å². The van der Waals surface area contributed by atoms with Gasteiger partial charge < -0.3 is 14.4 Å². The van der Waals surface area contributed by atoms with Crippen molar-refractivity contribution in [1.29, 1.82) is 0 Å². The van der Waals surface area contributed by atoms with Crippen LogP contribution in [-0.4, -0.2) is 50.2 Å². The van der Waals surface area contributed by atoms with Crippen molar-refractivity contribution >= 4 is 5.91 Å². The summed E-state index contributed by atoms with van der Waals surface area (Å²) in [6.45, 7) is -0.677. The largest absolute Gasteiger partial charge is 0.405 e. The first-order valence-electron chi connectivity index (χ1n) is 9.21. The number of aryl methyl sites for hydroxylation is 1. The fraction of sp³-hybridized carbons (Fsp3) is 0.368. The average Bonchev–Trinajstić information content (AvgIpc) is 3.46. The predicted molar refractivity (Wildman–Crippen MR) is 95.5 cm³/mol. The number of hydrogen-bond acceptors (Lipinski definition) is 5. The van der Waals surface area contributed by atoms with Gasteiger partial charge in [0.1, 0.15) is 11.6 Å². The number of H-pyrrole nitrogens is 1. The molecule has 1 N–H and O–H groups in total. The maximum Gasteiger partial charge on any atom is 0.405 e. The number of imidazole rings is 1. The second kappa shape index (κ2) is 7.54. The molecule has 0 spiro atoms. The van der Waals surface area contributed by atoms with E-state index in [0.29, 0.717) is 17.8 Å². The van der Waals surface area contributed by atoms with Crippen molar-refractivity contribution in [3.05, 3.63) is 54.2 Å². The number of amides is 1. The summed E-state index contributed by atoms with van der Waals surface area (Å²) in [4.78, 5) is 24.4. The van der Waals surface area contributed by atoms with Crippen LogP contribution in [0.2, 0.25) is 0 Å². The molecular formula is C19H17F4N5O2. The molecule has 1 fully saturated rings. The monoisotopic (exact) mass is 423 g/mol. The summed E-state index contributed by atoms with van der Waals surface area (Å²) >= 11 is 0. The summed E-state index contributed by atoms with van der Waals surface area (Å²) in [6, 6.07) is 5.01. The van der Waals surface area contributed by atoms with Gasteiger partial charge in [-0.15, -0.1) is 0 Å². The highest BCUT2D eigenvalue weighted by molar-refractivity contribution is 5.77. The Morgan fingerprint density at radius 1 is 1.27 bits per heavy atom. The van der Waals surface area contributed by atoms with E-state index in [4.69, 9.17) is 4.52 Å². The van der Waals surface area contributed by atoms with Crippen LogP contribution < -0.4 is 0 Å². The second-order valence-electron chi connectivity index (χ2n) is 7.11. The van der Waals surface area contributed by atoms with Gasteiger partial charge in [0.25, 0.3) is 0 Å². The number of hydrogen-bond donors (Lipinski definition) is 1. The minimum Gasteiger partial charge on any atom is -0.349 e. The summed E-state index contributed by atoms with van der Waals surface area (Å²) < 4.78 is 60.3. The molecule has 1 aromatic carbocycles. The van der Waals surface area contributed by atoms with Crippen LogP contribution in [0, 0.1) is 5.82 Å². The van der Waals surface area contributed by atoms with Gasteiger partial charge in [0.2, 0.25) is 17.6 Å². The molecule has 1 aliphatic heterocycles. The smallest absolute Gasteiger partial charge is 0.349 e. The molecule has 7 nitrogen and oxygen atoms in total. The standard InChI is InChI=1S/C19H17F4N5O2/c20-13-3-1-12(2-4-13)16-26-17(30-27-16)18(19(21,22)23)7-10-28(11-18)15(29)6-5-14-24-8-9-25-14/h1-4,8-9H,5-7,10-11H2,(H,24,25). The molecule has 0 aliphatic carbocycles. The van der Waals surface area contributed by atoms with Crippen molar-refractivity contribution in [2.24, 2.45) is 0 Å². The number of nitrogens with zero attached hydrogens (tertiary/aromatic N) is 4. The third-order valence-corrected chi connectivity index (χ3v) is 5.23. The van der Waals surface area contributed by atoms with E-state index in [0.717, 1.165) is 17.0 Å². The van der Waals surface area contributed by atoms with Gasteiger partial charge in [0.05, 0.1) is 0 Å². The Bertz CT molecular complexity index is 1020. The van der Waals surface area contributed by atoms with Crippen molar-refractivity contribution in [2.45, 2.75) is 30.9 Å². The molecule has 1 saturated heterocycles. The number of benzene rings is 1. The van der Waals surface area contributed by atoms with Gasteiger partial charge in [-0.1, -0.05) is 5.16 Å². The van der Waals surface area contributed by atoms with Crippen molar-refractivity contribution in [2.75, 3.05) is 13.1 Å². The molecule has 30 heavy (non-hydrogen) atoms. The van der Waals surface area contributed by atoms with E-state index in [1.807, 2.05) is 0 Å². The molecule has 4 rings (SSSR count). The van der Waals surface area contributed by atoms with E-state index in [-0.39, 0.29) is 25.2 Å². The number of nitrogens with one attached hydrogen (secondary N) is 1. The molecule has 3 heterocycles. The Morgan fingerprint density at radius 2 is 2.03 bits per heavy atom. The molecule has 11 heteroatoms. The highest BCUT2D eigenvalue weighted by Gasteiger charge is 2.63. The Kier molecular flexibility index (Phi) is 5.04. The van der Waals surface area contributed by atoms with Crippen molar-refractivity contribution in [1.82, 2.24) is 25.0 Å². The molecule has 158 valence electrons. The number of aromatic nitrogens is 4. The summed E-state index contributed by atoms with van der Waals surface area (Å²) in [5.41, 5.74) is -2.12. The molecular weight excluding hydrogens is 406 g/mol. The summed E-state index contributed by atoms with van der Waals surface area (Å²) in [6.07, 6.45) is -1.59. The fourth-order valence-electron chi connectivity index (χ4n) is 3.50. The normalized spacial score (nSPS) is 19.4. The molecule has 0 saturated carbocycles. The molecule has 3 aromatic rings. The van der Waals surface area contributed by atoms with E-state index in [1.165, 1.54) is 12.1 Å². The third kappa shape index (κ3) is 3.66. The van der Waals surface area contributed by atoms with Crippen molar-refractivity contribution in [3.8, 4) is 11.4 Å². The molecule has 1 aliphatic rings. The lowest BCUT2D eigenvalue weighted by atomic mass is 9.86. The Morgan fingerprint density at radius 3 is 2.70 bits per heavy atom. The van der Waals surface area contributed by atoms with Crippen LogP contribution in [0.4, 0.5) is 17.6 Å². The van der Waals surface area contributed by atoms with Gasteiger partial charge in [-0.05, 0) is 30.7 Å².